The summed E-state index contributed by atoms with van der Waals surface area (Å²) < 4.78 is 0. The van der Waals surface area contributed by atoms with Gasteiger partial charge in [-0.2, -0.15) is 0 Å². The predicted octanol–water partition coefficient (Wildman–Crippen LogP) is 4.35. The van der Waals surface area contributed by atoms with Crippen LogP contribution in [0.2, 0.25) is 10.0 Å². The molecule has 1 aromatic carbocycles. The highest BCUT2D eigenvalue weighted by atomic mass is 35.5. The molecule has 24 heavy (non-hydrogen) atoms. The van der Waals surface area contributed by atoms with Crippen LogP contribution in [0.1, 0.15) is 6.92 Å². The zero-order valence-corrected chi connectivity index (χ0v) is 15.4. The van der Waals surface area contributed by atoms with Crippen molar-refractivity contribution in [2.45, 2.75) is 17.3 Å². The van der Waals surface area contributed by atoms with Gasteiger partial charge in [-0.25, -0.2) is 9.97 Å². The van der Waals surface area contributed by atoms with Crippen molar-refractivity contribution in [3.63, 3.8) is 0 Å². The molecule has 2 heterocycles. The van der Waals surface area contributed by atoms with Crippen molar-refractivity contribution in [3.05, 3.63) is 39.8 Å². The zero-order chi connectivity index (χ0) is 17.1. The van der Waals surface area contributed by atoms with Crippen LogP contribution in [-0.4, -0.2) is 31.3 Å². The van der Waals surface area contributed by atoms with Gasteiger partial charge in [-0.15, -0.1) is 16.4 Å². The van der Waals surface area contributed by atoms with Gasteiger partial charge in [0.25, 0.3) is 0 Å². The third-order valence-electron chi connectivity index (χ3n) is 2.97. The lowest BCUT2D eigenvalue weighted by atomic mass is 10.2. The Bertz CT molecular complexity index is 853. The summed E-state index contributed by atoms with van der Waals surface area (Å²) in [5.41, 5.74) is 0.695. The van der Waals surface area contributed by atoms with E-state index >= 15 is 0 Å². The summed E-state index contributed by atoms with van der Waals surface area (Å²) in [6, 6.07) is 5.12. The highest BCUT2D eigenvalue weighted by Crippen LogP contribution is 2.30. The first kappa shape index (κ1) is 17.2. The predicted molar refractivity (Wildman–Crippen MR) is 97.9 cm³/mol. The molecule has 0 aliphatic heterocycles. The second-order valence-corrected chi connectivity index (χ2v) is 7.72. The molecule has 0 aliphatic carbocycles. The summed E-state index contributed by atoms with van der Waals surface area (Å²) in [7, 11) is 0. The average Bonchev–Trinajstić information content (AvgIpc) is 3.19. The minimum absolute atomic E-state index is 0.161. The number of aromatic amines is 1. The minimum Gasteiger partial charge on any atom is -0.301 e. The van der Waals surface area contributed by atoms with Crippen LogP contribution in [0.4, 0.5) is 5.13 Å². The maximum Gasteiger partial charge on any atom is 0.239 e. The summed E-state index contributed by atoms with van der Waals surface area (Å²) in [4.78, 5) is 20.5. The third kappa shape index (κ3) is 4.07. The number of anilines is 1. The Morgan fingerprint density at radius 1 is 1.42 bits per heavy atom. The van der Waals surface area contributed by atoms with E-state index in [9.17, 15) is 4.79 Å². The normalized spacial score (nSPS) is 12.1. The first-order chi connectivity index (χ1) is 11.5. The van der Waals surface area contributed by atoms with E-state index in [2.05, 4.69) is 25.5 Å². The maximum atomic E-state index is 12.1. The molecule has 2 N–H and O–H groups in total. The molecule has 0 spiro atoms. The number of benzene rings is 1. The van der Waals surface area contributed by atoms with Gasteiger partial charge in [-0.3, -0.25) is 9.89 Å². The quantitative estimate of drug-likeness (QED) is 0.622. The van der Waals surface area contributed by atoms with Crippen LogP contribution >= 0.6 is 46.3 Å². The number of hydrogen-bond acceptors (Lipinski definition) is 6. The van der Waals surface area contributed by atoms with E-state index in [1.165, 1.54) is 23.1 Å². The Kier molecular flexibility index (Phi) is 5.40. The molecular formula is C14H11Cl2N5OS2. The molecule has 3 aromatic rings. The molecule has 0 radical (unpaired) electrons. The number of nitrogens with one attached hydrogen (secondary N) is 2. The van der Waals surface area contributed by atoms with Gasteiger partial charge in [0.15, 0.2) is 11.0 Å². The van der Waals surface area contributed by atoms with Gasteiger partial charge >= 0.3 is 0 Å². The van der Waals surface area contributed by atoms with Crippen molar-refractivity contribution in [3.8, 4) is 11.4 Å². The SMILES string of the molecule is CC(Sc1n[nH]c(-c2ccc(Cl)cc2Cl)n1)C(=O)Nc1nccs1. The molecule has 6 nitrogen and oxygen atoms in total. The second kappa shape index (κ2) is 7.52. The van der Waals surface area contributed by atoms with Crippen LogP contribution in [0.25, 0.3) is 11.4 Å². The van der Waals surface area contributed by atoms with Crippen LogP contribution < -0.4 is 5.32 Å². The molecule has 0 aliphatic rings. The van der Waals surface area contributed by atoms with Crippen LogP contribution in [-0.2, 0) is 4.79 Å². The fourth-order valence-corrected chi connectivity index (χ4v) is 3.56. The second-order valence-electron chi connectivity index (χ2n) is 4.68. The van der Waals surface area contributed by atoms with Crippen molar-refractivity contribution in [2.24, 2.45) is 0 Å². The van der Waals surface area contributed by atoms with Crippen LogP contribution in [0, 0.1) is 0 Å². The highest BCUT2D eigenvalue weighted by Gasteiger charge is 2.19. The number of rotatable bonds is 5. The molecule has 0 bridgehead atoms. The number of nitrogens with zero attached hydrogens (tertiary/aromatic N) is 3. The standard InChI is InChI=1S/C14H11Cl2N5OS2/c1-7(12(22)19-13-17-4-5-23-13)24-14-18-11(20-21-14)9-3-2-8(15)6-10(9)16/h2-7H,1H3,(H,17,19,22)(H,18,20,21). The van der Waals surface area contributed by atoms with Crippen LogP contribution in [0.15, 0.2) is 34.9 Å². The molecule has 10 heteroatoms. The number of aromatic nitrogens is 4. The number of amides is 1. The lowest BCUT2D eigenvalue weighted by Gasteiger charge is -2.07. The molecule has 1 amide bonds. The monoisotopic (exact) mass is 399 g/mol. The van der Waals surface area contributed by atoms with E-state index in [4.69, 9.17) is 23.2 Å². The number of halogens is 2. The molecule has 2 aromatic heterocycles. The highest BCUT2D eigenvalue weighted by molar-refractivity contribution is 8.00. The number of H-pyrrole nitrogens is 1. The lowest BCUT2D eigenvalue weighted by molar-refractivity contribution is -0.115. The Morgan fingerprint density at radius 3 is 2.96 bits per heavy atom. The Balaban J connectivity index is 1.68. The average molecular weight is 400 g/mol. The van der Waals surface area contributed by atoms with Gasteiger partial charge in [0.2, 0.25) is 11.1 Å². The van der Waals surface area contributed by atoms with Gasteiger partial charge in [0, 0.05) is 22.2 Å². The van der Waals surface area contributed by atoms with Gasteiger partial charge in [0.1, 0.15) is 0 Å². The fraction of sp³-hybridized carbons (Fsp3) is 0.143. The fourth-order valence-electron chi connectivity index (χ4n) is 1.80. The zero-order valence-electron chi connectivity index (χ0n) is 12.3. The molecule has 124 valence electrons. The summed E-state index contributed by atoms with van der Waals surface area (Å²) >= 11 is 14.7. The molecule has 0 fully saturated rings. The van der Waals surface area contributed by atoms with E-state index in [0.717, 1.165) is 0 Å². The van der Waals surface area contributed by atoms with E-state index in [1.54, 1.807) is 36.7 Å². The molecule has 0 saturated carbocycles. The van der Waals surface area contributed by atoms with Crippen molar-refractivity contribution < 1.29 is 4.79 Å². The summed E-state index contributed by atoms with van der Waals surface area (Å²) in [6.07, 6.45) is 1.63. The van der Waals surface area contributed by atoms with Crippen molar-refractivity contribution in [1.82, 2.24) is 20.2 Å². The third-order valence-corrected chi connectivity index (χ3v) is 5.16. The minimum atomic E-state index is -0.377. The number of hydrogen-bond donors (Lipinski definition) is 2. The van der Waals surface area contributed by atoms with Crippen molar-refractivity contribution in [1.29, 1.82) is 0 Å². The summed E-state index contributed by atoms with van der Waals surface area (Å²) in [6.45, 7) is 1.78. The smallest absolute Gasteiger partial charge is 0.239 e. The van der Waals surface area contributed by atoms with Gasteiger partial charge in [0.05, 0.1) is 10.3 Å². The molecule has 3 rings (SSSR count). The summed E-state index contributed by atoms with van der Waals surface area (Å²) in [5.74, 6) is 0.359. The van der Waals surface area contributed by atoms with Crippen molar-refractivity contribution >= 4 is 57.3 Å². The number of thiazole rings is 1. The van der Waals surface area contributed by atoms with Crippen molar-refractivity contribution in [2.75, 3.05) is 5.32 Å². The maximum absolute atomic E-state index is 12.1. The molecule has 0 saturated heterocycles. The molecule has 1 unspecified atom stereocenters. The van der Waals surface area contributed by atoms with E-state index in [-0.39, 0.29) is 11.2 Å². The Morgan fingerprint density at radius 2 is 2.25 bits per heavy atom. The first-order valence-electron chi connectivity index (χ1n) is 6.78. The van der Waals surface area contributed by atoms with E-state index < -0.39 is 0 Å². The van der Waals surface area contributed by atoms with Crippen LogP contribution in [0.5, 0.6) is 0 Å². The van der Waals surface area contributed by atoms with Gasteiger partial charge < -0.3 is 5.32 Å². The Labute approximate surface area is 156 Å². The van der Waals surface area contributed by atoms with Crippen LogP contribution in [0.3, 0.4) is 0 Å². The molecular weight excluding hydrogens is 389 g/mol. The Hall–Kier alpha value is -1.61. The number of thioether (sulfide) groups is 1. The first-order valence-corrected chi connectivity index (χ1v) is 9.29. The topological polar surface area (TPSA) is 83.6 Å². The number of carbonyl (C=O) groups excluding carboxylic acids is 1. The molecule has 1 atom stereocenters. The van der Waals surface area contributed by atoms with E-state index in [1.807, 2.05) is 0 Å². The largest absolute Gasteiger partial charge is 0.301 e. The number of carbonyl (C=O) groups is 1. The van der Waals surface area contributed by atoms with Gasteiger partial charge in [-0.05, 0) is 25.1 Å². The summed E-state index contributed by atoms with van der Waals surface area (Å²) in [5, 5.41) is 13.1. The lowest BCUT2D eigenvalue weighted by Crippen LogP contribution is -2.22. The van der Waals surface area contributed by atoms with E-state index in [0.29, 0.717) is 31.7 Å². The van der Waals surface area contributed by atoms with Gasteiger partial charge in [-0.1, -0.05) is 35.0 Å².